The molecular weight excluding hydrogens is 291 g/mol. The van der Waals surface area contributed by atoms with Crippen LogP contribution in [-0.2, 0) is 12.3 Å². The van der Waals surface area contributed by atoms with E-state index < -0.39 is 6.10 Å². The quantitative estimate of drug-likeness (QED) is 0.691. The van der Waals surface area contributed by atoms with Gasteiger partial charge in [-0.1, -0.05) is 19.4 Å². The normalized spacial score (nSPS) is 12.0. The number of urea groups is 1. The number of thioether (sulfide) groups is 1. The Kier molecular flexibility index (Phi) is 8.15. The second-order valence-electron chi connectivity index (χ2n) is 4.85. The molecule has 1 rings (SSSR count). The van der Waals surface area contributed by atoms with E-state index in [-0.39, 0.29) is 18.4 Å². The molecule has 0 spiro atoms. The Hall–Kier alpha value is -1.27. The topological polar surface area (TPSA) is 61.4 Å². The minimum Gasteiger partial charge on any atom is -0.391 e. The van der Waals surface area contributed by atoms with Gasteiger partial charge in [-0.3, -0.25) is 0 Å². The number of carbonyl (C=O) groups excluding carboxylic acids is 1. The summed E-state index contributed by atoms with van der Waals surface area (Å²) in [5.74, 6) is 0.431. The summed E-state index contributed by atoms with van der Waals surface area (Å²) in [7, 11) is 0. The first-order chi connectivity index (χ1) is 10.1. The smallest absolute Gasteiger partial charge is 0.315 e. The molecule has 0 heterocycles. The largest absolute Gasteiger partial charge is 0.391 e. The molecule has 21 heavy (non-hydrogen) atoms. The van der Waals surface area contributed by atoms with Gasteiger partial charge in [-0.15, -0.1) is 0 Å². The van der Waals surface area contributed by atoms with E-state index >= 15 is 0 Å². The zero-order valence-electron chi connectivity index (χ0n) is 12.5. The van der Waals surface area contributed by atoms with Gasteiger partial charge in [0, 0.05) is 18.8 Å². The van der Waals surface area contributed by atoms with Crippen LogP contribution in [0, 0.1) is 5.82 Å². The average Bonchev–Trinajstić information content (AvgIpc) is 2.45. The summed E-state index contributed by atoms with van der Waals surface area (Å²) in [5, 5.41) is 14.9. The lowest BCUT2D eigenvalue weighted by atomic mass is 10.1. The number of aliphatic hydroxyl groups is 1. The van der Waals surface area contributed by atoms with Crippen LogP contribution in [0.1, 0.15) is 30.9 Å². The SMILES string of the molecule is CCCC(O)CNC(=O)NCc1ccc(F)cc1CSC. The van der Waals surface area contributed by atoms with Crippen molar-refractivity contribution in [3.05, 3.63) is 35.1 Å². The summed E-state index contributed by atoms with van der Waals surface area (Å²) in [5.41, 5.74) is 1.78. The van der Waals surface area contributed by atoms with Crippen LogP contribution in [0.5, 0.6) is 0 Å². The van der Waals surface area contributed by atoms with Crippen LogP contribution in [0.25, 0.3) is 0 Å². The van der Waals surface area contributed by atoms with Crippen molar-refractivity contribution in [2.45, 2.75) is 38.2 Å². The second kappa shape index (κ2) is 9.63. The maximum absolute atomic E-state index is 13.2. The van der Waals surface area contributed by atoms with Gasteiger partial charge in [0.05, 0.1) is 6.10 Å². The molecular formula is C15H23FN2O2S. The molecule has 2 amide bonds. The van der Waals surface area contributed by atoms with Crippen molar-refractivity contribution in [2.24, 2.45) is 0 Å². The number of rotatable bonds is 8. The van der Waals surface area contributed by atoms with Crippen molar-refractivity contribution in [3.8, 4) is 0 Å². The summed E-state index contributed by atoms with van der Waals surface area (Å²) in [6.07, 6.45) is 2.97. The summed E-state index contributed by atoms with van der Waals surface area (Å²) < 4.78 is 13.2. The van der Waals surface area contributed by atoms with Crippen LogP contribution in [-0.4, -0.2) is 30.0 Å². The molecule has 0 saturated heterocycles. The number of hydrogen-bond acceptors (Lipinski definition) is 3. The number of benzene rings is 1. The van der Waals surface area contributed by atoms with E-state index in [1.165, 1.54) is 12.1 Å². The van der Waals surface area contributed by atoms with Gasteiger partial charge in [-0.05, 0) is 35.9 Å². The van der Waals surface area contributed by atoms with Crippen LogP contribution in [0.2, 0.25) is 0 Å². The Balaban J connectivity index is 2.45. The van der Waals surface area contributed by atoms with Gasteiger partial charge in [0.2, 0.25) is 0 Å². The Labute approximate surface area is 129 Å². The van der Waals surface area contributed by atoms with E-state index in [1.54, 1.807) is 17.8 Å². The Morgan fingerprint density at radius 2 is 2.14 bits per heavy atom. The van der Waals surface area contributed by atoms with Crippen molar-refractivity contribution in [1.29, 1.82) is 0 Å². The van der Waals surface area contributed by atoms with E-state index in [0.717, 1.165) is 17.5 Å². The van der Waals surface area contributed by atoms with Crippen LogP contribution in [0.4, 0.5) is 9.18 Å². The van der Waals surface area contributed by atoms with Crippen molar-refractivity contribution in [2.75, 3.05) is 12.8 Å². The number of amides is 2. The van der Waals surface area contributed by atoms with Gasteiger partial charge in [-0.25, -0.2) is 9.18 Å². The first kappa shape index (κ1) is 17.8. The fourth-order valence-electron chi connectivity index (χ4n) is 1.94. The Morgan fingerprint density at radius 1 is 1.38 bits per heavy atom. The first-order valence-electron chi connectivity index (χ1n) is 7.02. The fourth-order valence-corrected chi connectivity index (χ4v) is 2.52. The molecule has 0 fully saturated rings. The van der Waals surface area contributed by atoms with E-state index in [1.807, 2.05) is 13.2 Å². The molecule has 3 N–H and O–H groups in total. The molecule has 1 aromatic carbocycles. The number of halogens is 1. The molecule has 0 radical (unpaired) electrons. The monoisotopic (exact) mass is 314 g/mol. The lowest BCUT2D eigenvalue weighted by molar-refractivity contribution is 0.160. The Bertz CT molecular complexity index is 457. The Morgan fingerprint density at radius 3 is 2.81 bits per heavy atom. The van der Waals surface area contributed by atoms with E-state index in [0.29, 0.717) is 18.7 Å². The highest BCUT2D eigenvalue weighted by molar-refractivity contribution is 7.97. The molecule has 118 valence electrons. The van der Waals surface area contributed by atoms with Gasteiger partial charge < -0.3 is 15.7 Å². The minimum absolute atomic E-state index is 0.237. The third kappa shape index (κ3) is 6.82. The predicted molar refractivity (Wildman–Crippen MR) is 84.8 cm³/mol. The molecule has 1 aromatic rings. The van der Waals surface area contributed by atoms with Crippen molar-refractivity contribution >= 4 is 17.8 Å². The van der Waals surface area contributed by atoms with Gasteiger partial charge in [0.25, 0.3) is 0 Å². The summed E-state index contributed by atoms with van der Waals surface area (Å²) in [6.45, 7) is 2.55. The van der Waals surface area contributed by atoms with Crippen LogP contribution >= 0.6 is 11.8 Å². The lowest BCUT2D eigenvalue weighted by Crippen LogP contribution is -2.39. The van der Waals surface area contributed by atoms with Gasteiger partial charge in [-0.2, -0.15) is 11.8 Å². The predicted octanol–water partition coefficient (Wildman–Crippen LogP) is 2.65. The highest BCUT2D eigenvalue weighted by atomic mass is 32.2. The van der Waals surface area contributed by atoms with Crippen LogP contribution in [0.3, 0.4) is 0 Å². The average molecular weight is 314 g/mol. The van der Waals surface area contributed by atoms with Crippen LogP contribution in [0.15, 0.2) is 18.2 Å². The molecule has 0 aromatic heterocycles. The number of hydrogen-bond donors (Lipinski definition) is 3. The number of nitrogens with one attached hydrogen (secondary N) is 2. The van der Waals surface area contributed by atoms with Gasteiger partial charge >= 0.3 is 6.03 Å². The zero-order chi connectivity index (χ0) is 15.7. The van der Waals surface area contributed by atoms with Gasteiger partial charge in [0.15, 0.2) is 0 Å². The molecule has 0 aliphatic heterocycles. The summed E-state index contributed by atoms with van der Waals surface area (Å²) in [6, 6.07) is 4.25. The highest BCUT2D eigenvalue weighted by Crippen LogP contribution is 2.16. The minimum atomic E-state index is -0.515. The molecule has 1 unspecified atom stereocenters. The molecule has 0 aliphatic carbocycles. The highest BCUT2D eigenvalue weighted by Gasteiger charge is 2.08. The van der Waals surface area contributed by atoms with E-state index in [4.69, 9.17) is 0 Å². The first-order valence-corrected chi connectivity index (χ1v) is 8.42. The molecule has 0 saturated carbocycles. The van der Waals surface area contributed by atoms with Gasteiger partial charge in [0.1, 0.15) is 5.82 Å². The number of aliphatic hydroxyl groups excluding tert-OH is 1. The standard InChI is InChI=1S/C15H23FN2O2S/c1-3-4-14(19)9-18-15(20)17-8-11-5-6-13(16)7-12(11)10-21-2/h5-7,14,19H,3-4,8-10H2,1-2H3,(H2,17,18,20). The molecule has 4 nitrogen and oxygen atoms in total. The third-order valence-corrected chi connectivity index (χ3v) is 3.63. The number of carbonyl (C=O) groups is 1. The molecule has 1 atom stereocenters. The summed E-state index contributed by atoms with van der Waals surface area (Å²) in [4.78, 5) is 11.6. The van der Waals surface area contributed by atoms with Crippen molar-refractivity contribution < 1.29 is 14.3 Å². The molecule has 0 aliphatic rings. The third-order valence-electron chi connectivity index (χ3n) is 3.03. The van der Waals surface area contributed by atoms with Crippen molar-refractivity contribution in [3.63, 3.8) is 0 Å². The summed E-state index contributed by atoms with van der Waals surface area (Å²) >= 11 is 1.60. The van der Waals surface area contributed by atoms with E-state index in [9.17, 15) is 14.3 Å². The fraction of sp³-hybridized carbons (Fsp3) is 0.533. The van der Waals surface area contributed by atoms with E-state index in [2.05, 4.69) is 10.6 Å². The molecule has 0 bridgehead atoms. The lowest BCUT2D eigenvalue weighted by Gasteiger charge is -2.13. The maximum atomic E-state index is 13.2. The zero-order valence-corrected chi connectivity index (χ0v) is 13.3. The van der Waals surface area contributed by atoms with Crippen LogP contribution < -0.4 is 10.6 Å². The molecule has 6 heteroatoms. The van der Waals surface area contributed by atoms with Crippen molar-refractivity contribution in [1.82, 2.24) is 10.6 Å². The maximum Gasteiger partial charge on any atom is 0.315 e. The second-order valence-corrected chi connectivity index (χ2v) is 5.72.